The standard InChI is InChI=1S/C25H33N3O/c1-3-28(24-13-7-9-22(2)21-24)25(29)14-16-27-19-17-26(18-20-27)15-8-12-23-10-5-4-6-11-23/h4-13,21H,3,14-20H2,1-2H3/b12-8+. The average Bonchev–Trinajstić information content (AvgIpc) is 2.74. The number of hydrogen-bond acceptors (Lipinski definition) is 3. The molecule has 4 heteroatoms. The molecule has 0 unspecified atom stereocenters. The zero-order valence-corrected chi connectivity index (χ0v) is 17.8. The summed E-state index contributed by atoms with van der Waals surface area (Å²) in [4.78, 5) is 19.5. The Morgan fingerprint density at radius 3 is 2.41 bits per heavy atom. The second kappa shape index (κ2) is 10.9. The molecule has 154 valence electrons. The van der Waals surface area contributed by atoms with Crippen LogP contribution >= 0.6 is 0 Å². The molecule has 0 atom stereocenters. The Bertz CT molecular complexity index is 795. The minimum atomic E-state index is 0.214. The third-order valence-electron chi connectivity index (χ3n) is 5.51. The molecule has 1 aliphatic heterocycles. The summed E-state index contributed by atoms with van der Waals surface area (Å²) in [7, 11) is 0. The Labute approximate surface area is 175 Å². The minimum absolute atomic E-state index is 0.214. The molecule has 4 nitrogen and oxygen atoms in total. The fraction of sp³-hybridized carbons (Fsp3) is 0.400. The number of benzene rings is 2. The van der Waals surface area contributed by atoms with E-state index in [1.165, 1.54) is 11.1 Å². The van der Waals surface area contributed by atoms with Gasteiger partial charge in [0.25, 0.3) is 0 Å². The van der Waals surface area contributed by atoms with Crippen molar-refractivity contribution in [3.63, 3.8) is 0 Å². The van der Waals surface area contributed by atoms with Gasteiger partial charge in [-0.3, -0.25) is 9.69 Å². The SMILES string of the molecule is CCN(C(=O)CCN1CCN(C/C=C/c2ccccc2)CC1)c1cccc(C)c1. The van der Waals surface area contributed by atoms with Crippen LogP contribution in [0, 0.1) is 6.92 Å². The monoisotopic (exact) mass is 391 g/mol. The predicted molar refractivity (Wildman–Crippen MR) is 122 cm³/mol. The van der Waals surface area contributed by atoms with Crippen molar-refractivity contribution >= 4 is 17.7 Å². The molecule has 2 aromatic rings. The van der Waals surface area contributed by atoms with Crippen LogP contribution in [0.1, 0.15) is 24.5 Å². The molecule has 0 radical (unpaired) electrons. The van der Waals surface area contributed by atoms with E-state index < -0.39 is 0 Å². The quantitative estimate of drug-likeness (QED) is 0.679. The number of piperazine rings is 1. The van der Waals surface area contributed by atoms with Gasteiger partial charge >= 0.3 is 0 Å². The first-order valence-corrected chi connectivity index (χ1v) is 10.7. The van der Waals surface area contributed by atoms with Crippen LogP contribution in [0.4, 0.5) is 5.69 Å². The van der Waals surface area contributed by atoms with Gasteiger partial charge in [-0.15, -0.1) is 0 Å². The normalized spacial score (nSPS) is 15.7. The highest BCUT2D eigenvalue weighted by Gasteiger charge is 2.19. The largest absolute Gasteiger partial charge is 0.313 e. The lowest BCUT2D eigenvalue weighted by Gasteiger charge is -2.34. The molecule has 3 rings (SSSR count). The first-order chi connectivity index (χ1) is 14.2. The lowest BCUT2D eigenvalue weighted by Crippen LogP contribution is -2.47. The number of nitrogens with zero attached hydrogens (tertiary/aromatic N) is 3. The van der Waals surface area contributed by atoms with E-state index in [4.69, 9.17) is 0 Å². The Morgan fingerprint density at radius 1 is 1.00 bits per heavy atom. The van der Waals surface area contributed by atoms with Crippen molar-refractivity contribution in [2.24, 2.45) is 0 Å². The third-order valence-corrected chi connectivity index (χ3v) is 5.51. The van der Waals surface area contributed by atoms with E-state index in [0.29, 0.717) is 13.0 Å². The number of anilines is 1. The molecule has 0 saturated carbocycles. The third kappa shape index (κ3) is 6.55. The molecule has 0 N–H and O–H groups in total. The molecule has 0 aliphatic carbocycles. The summed E-state index contributed by atoms with van der Waals surface area (Å²) >= 11 is 0. The summed E-state index contributed by atoms with van der Waals surface area (Å²) in [5, 5.41) is 0. The van der Waals surface area contributed by atoms with Crippen molar-refractivity contribution in [1.29, 1.82) is 0 Å². The van der Waals surface area contributed by atoms with Crippen molar-refractivity contribution < 1.29 is 4.79 Å². The van der Waals surface area contributed by atoms with Gasteiger partial charge in [-0.1, -0.05) is 54.6 Å². The zero-order valence-electron chi connectivity index (χ0n) is 17.8. The van der Waals surface area contributed by atoms with Crippen LogP contribution in [0.5, 0.6) is 0 Å². The Hall–Kier alpha value is -2.43. The molecule has 1 saturated heterocycles. The van der Waals surface area contributed by atoms with Crippen LogP contribution in [-0.2, 0) is 4.79 Å². The summed E-state index contributed by atoms with van der Waals surface area (Å²) < 4.78 is 0. The van der Waals surface area contributed by atoms with Gasteiger partial charge < -0.3 is 9.80 Å². The first kappa shape index (κ1) is 21.3. The summed E-state index contributed by atoms with van der Waals surface area (Å²) in [6.07, 6.45) is 5.01. The number of aryl methyl sites for hydroxylation is 1. The van der Waals surface area contributed by atoms with E-state index in [0.717, 1.165) is 45.0 Å². The highest BCUT2D eigenvalue weighted by molar-refractivity contribution is 5.93. The molecule has 0 aromatic heterocycles. The van der Waals surface area contributed by atoms with E-state index in [9.17, 15) is 4.79 Å². The summed E-state index contributed by atoms with van der Waals surface area (Å²) in [5.41, 5.74) is 3.44. The molecular formula is C25H33N3O. The fourth-order valence-electron chi connectivity index (χ4n) is 3.78. The van der Waals surface area contributed by atoms with Gasteiger partial charge in [0.2, 0.25) is 5.91 Å². The van der Waals surface area contributed by atoms with Crippen LogP contribution in [0.15, 0.2) is 60.7 Å². The van der Waals surface area contributed by atoms with Gasteiger partial charge in [-0.25, -0.2) is 0 Å². The molecular weight excluding hydrogens is 358 g/mol. The van der Waals surface area contributed by atoms with Crippen LogP contribution < -0.4 is 4.90 Å². The van der Waals surface area contributed by atoms with Crippen molar-refractivity contribution in [3.8, 4) is 0 Å². The Kier molecular flexibility index (Phi) is 8.03. The summed E-state index contributed by atoms with van der Waals surface area (Å²) in [6.45, 7) is 10.8. The van der Waals surface area contributed by atoms with Crippen molar-refractivity contribution in [3.05, 3.63) is 71.8 Å². The molecule has 1 aliphatic rings. The lowest BCUT2D eigenvalue weighted by atomic mass is 10.2. The lowest BCUT2D eigenvalue weighted by molar-refractivity contribution is -0.119. The molecule has 29 heavy (non-hydrogen) atoms. The topological polar surface area (TPSA) is 26.8 Å². The maximum absolute atomic E-state index is 12.7. The van der Waals surface area contributed by atoms with Crippen molar-refractivity contribution in [2.45, 2.75) is 20.3 Å². The maximum Gasteiger partial charge on any atom is 0.228 e. The Balaban J connectivity index is 1.40. The van der Waals surface area contributed by atoms with E-state index >= 15 is 0 Å². The molecule has 1 fully saturated rings. The molecule has 2 aromatic carbocycles. The minimum Gasteiger partial charge on any atom is -0.313 e. The highest BCUT2D eigenvalue weighted by Crippen LogP contribution is 2.17. The average molecular weight is 392 g/mol. The number of rotatable bonds is 8. The van der Waals surface area contributed by atoms with Gasteiger partial charge in [0.05, 0.1) is 0 Å². The second-order valence-corrected chi connectivity index (χ2v) is 7.68. The van der Waals surface area contributed by atoms with Gasteiger partial charge in [-0.2, -0.15) is 0 Å². The van der Waals surface area contributed by atoms with Crippen LogP contribution in [-0.4, -0.2) is 61.5 Å². The summed E-state index contributed by atoms with van der Waals surface area (Å²) in [5.74, 6) is 0.214. The van der Waals surface area contributed by atoms with Crippen LogP contribution in [0.25, 0.3) is 6.08 Å². The van der Waals surface area contributed by atoms with Gasteiger partial charge in [-0.05, 0) is 37.1 Å². The van der Waals surface area contributed by atoms with Gasteiger partial charge in [0.1, 0.15) is 0 Å². The smallest absolute Gasteiger partial charge is 0.228 e. The van der Waals surface area contributed by atoms with Crippen molar-refractivity contribution in [1.82, 2.24) is 9.80 Å². The maximum atomic E-state index is 12.7. The van der Waals surface area contributed by atoms with Gasteiger partial charge in [0, 0.05) is 57.9 Å². The van der Waals surface area contributed by atoms with Gasteiger partial charge in [0.15, 0.2) is 0 Å². The second-order valence-electron chi connectivity index (χ2n) is 7.68. The number of carbonyl (C=O) groups excluding carboxylic acids is 1. The highest BCUT2D eigenvalue weighted by atomic mass is 16.2. The van der Waals surface area contributed by atoms with Crippen LogP contribution in [0.3, 0.4) is 0 Å². The summed E-state index contributed by atoms with van der Waals surface area (Å²) in [6, 6.07) is 18.6. The molecule has 0 bridgehead atoms. The fourth-order valence-corrected chi connectivity index (χ4v) is 3.78. The van der Waals surface area contributed by atoms with E-state index in [1.54, 1.807) is 0 Å². The predicted octanol–water partition coefficient (Wildman–Crippen LogP) is 4.07. The van der Waals surface area contributed by atoms with E-state index in [1.807, 2.05) is 30.0 Å². The number of amides is 1. The zero-order chi connectivity index (χ0) is 20.5. The Morgan fingerprint density at radius 2 is 1.72 bits per heavy atom. The van der Waals surface area contributed by atoms with Crippen molar-refractivity contribution in [2.75, 3.05) is 50.7 Å². The van der Waals surface area contributed by atoms with E-state index in [2.05, 4.69) is 65.3 Å². The number of hydrogen-bond donors (Lipinski definition) is 0. The van der Waals surface area contributed by atoms with E-state index in [-0.39, 0.29) is 5.91 Å². The first-order valence-electron chi connectivity index (χ1n) is 10.7. The molecule has 1 amide bonds. The molecule has 1 heterocycles. The number of carbonyl (C=O) groups is 1. The molecule has 0 spiro atoms. The van der Waals surface area contributed by atoms with Crippen LogP contribution in [0.2, 0.25) is 0 Å².